The van der Waals surface area contributed by atoms with Crippen LogP contribution in [-0.4, -0.2) is 59.7 Å². The van der Waals surface area contributed by atoms with E-state index in [0.717, 1.165) is 23.7 Å². The number of aliphatic carboxylic acids is 2. The largest absolute Gasteiger partial charge is 0.497 e. The topological polar surface area (TPSA) is 125 Å². The van der Waals surface area contributed by atoms with Gasteiger partial charge in [0.25, 0.3) is 0 Å². The number of aliphatic hydroxyl groups excluding tert-OH is 1. The Hall–Kier alpha value is -2.16. The molecule has 2 atom stereocenters. The van der Waals surface area contributed by atoms with Gasteiger partial charge in [-0.05, 0) is 37.0 Å². The van der Waals surface area contributed by atoms with Crippen LogP contribution < -0.4 is 10.1 Å². The fourth-order valence-electron chi connectivity index (χ4n) is 2.37. The van der Waals surface area contributed by atoms with Crippen molar-refractivity contribution in [3.63, 3.8) is 0 Å². The number of aliphatic hydroxyl groups is 1. The van der Waals surface area contributed by atoms with Crippen LogP contribution in [0.15, 0.2) is 24.3 Å². The van der Waals surface area contributed by atoms with Crippen LogP contribution in [0.25, 0.3) is 0 Å². The van der Waals surface area contributed by atoms with Crippen molar-refractivity contribution in [2.45, 2.75) is 58.8 Å². The van der Waals surface area contributed by atoms with E-state index in [2.05, 4.69) is 26.1 Å². The number of hydrogen-bond donors (Lipinski definition) is 4. The molecule has 0 saturated carbocycles. The quantitative estimate of drug-likeness (QED) is 0.385. The van der Waals surface area contributed by atoms with E-state index < -0.39 is 18.0 Å². The third-order valence-electron chi connectivity index (χ3n) is 4.04. The second-order valence-electron chi connectivity index (χ2n) is 7.26. The van der Waals surface area contributed by atoms with Crippen molar-refractivity contribution in [1.29, 1.82) is 0 Å². The molecule has 0 radical (unpaired) electrons. The van der Waals surface area contributed by atoms with Crippen LogP contribution in [0.1, 0.15) is 45.6 Å². The Morgan fingerprint density at radius 1 is 1.03 bits per heavy atom. The predicted octanol–water partition coefficient (Wildman–Crippen LogP) is 2.53. The Labute approximate surface area is 172 Å². The first-order valence-electron chi connectivity index (χ1n) is 9.74. The molecule has 1 rings (SSSR count). The molecule has 0 amide bonds. The smallest absolute Gasteiger partial charge is 0.414 e. The van der Waals surface area contributed by atoms with E-state index in [1.807, 2.05) is 24.3 Å². The summed E-state index contributed by atoms with van der Waals surface area (Å²) in [7, 11) is 1.65. The van der Waals surface area contributed by atoms with Crippen molar-refractivity contribution in [1.82, 2.24) is 5.32 Å². The molecule has 8 heteroatoms. The molecule has 0 aliphatic rings. The molecule has 1 aromatic rings. The highest BCUT2D eigenvalue weighted by atomic mass is 16.5. The molecular formula is C21H35NO7. The molecule has 1 aromatic carbocycles. The molecule has 4 N–H and O–H groups in total. The van der Waals surface area contributed by atoms with Gasteiger partial charge in [-0.15, -0.1) is 0 Å². The number of ether oxygens (including phenoxy) is 2. The standard InChI is InChI=1S/C19H33NO3.C2H2O4/c1-15(2)6-5-7-16(3)20-12-18(21)14-23-13-17-8-10-19(22-4)11-9-17;3-1(4)2(5)6/h8-11,15-16,18,20-21H,5-7,12-14H2,1-4H3;(H,3,4)(H,5,6). The first kappa shape index (κ1) is 26.8. The number of methoxy groups -OCH3 is 1. The minimum Gasteiger partial charge on any atom is -0.497 e. The summed E-state index contributed by atoms with van der Waals surface area (Å²) >= 11 is 0. The number of carboxylic acids is 2. The van der Waals surface area contributed by atoms with Gasteiger partial charge in [0.1, 0.15) is 5.75 Å². The predicted molar refractivity (Wildman–Crippen MR) is 110 cm³/mol. The highest BCUT2D eigenvalue weighted by Gasteiger charge is 2.08. The molecule has 0 aliphatic heterocycles. The average molecular weight is 414 g/mol. The molecule has 0 aromatic heterocycles. The van der Waals surface area contributed by atoms with E-state index in [4.69, 9.17) is 29.3 Å². The average Bonchev–Trinajstić information content (AvgIpc) is 2.67. The zero-order valence-corrected chi connectivity index (χ0v) is 17.8. The molecule has 0 bridgehead atoms. The lowest BCUT2D eigenvalue weighted by Crippen LogP contribution is -2.35. The second kappa shape index (κ2) is 15.7. The number of carbonyl (C=O) groups is 2. The Morgan fingerprint density at radius 2 is 1.62 bits per heavy atom. The summed E-state index contributed by atoms with van der Waals surface area (Å²) in [5.41, 5.74) is 1.08. The summed E-state index contributed by atoms with van der Waals surface area (Å²) < 4.78 is 10.7. The van der Waals surface area contributed by atoms with E-state index in [1.165, 1.54) is 12.8 Å². The maximum atomic E-state index is 9.96. The van der Waals surface area contributed by atoms with E-state index >= 15 is 0 Å². The highest BCUT2D eigenvalue weighted by molar-refractivity contribution is 6.27. The number of rotatable bonds is 12. The Morgan fingerprint density at radius 3 is 2.10 bits per heavy atom. The maximum absolute atomic E-state index is 9.96. The third kappa shape index (κ3) is 15.4. The van der Waals surface area contributed by atoms with E-state index in [9.17, 15) is 5.11 Å². The normalized spacial score (nSPS) is 12.6. The van der Waals surface area contributed by atoms with Crippen LogP contribution in [-0.2, 0) is 20.9 Å². The van der Waals surface area contributed by atoms with Crippen LogP contribution >= 0.6 is 0 Å². The third-order valence-corrected chi connectivity index (χ3v) is 4.04. The zero-order valence-electron chi connectivity index (χ0n) is 17.8. The first-order valence-corrected chi connectivity index (χ1v) is 9.74. The Balaban J connectivity index is 0.00000113. The Bertz CT molecular complexity index is 563. The van der Waals surface area contributed by atoms with Gasteiger partial charge in [0, 0.05) is 12.6 Å². The van der Waals surface area contributed by atoms with Gasteiger partial charge in [0.2, 0.25) is 0 Å². The molecule has 2 unspecified atom stereocenters. The van der Waals surface area contributed by atoms with E-state index in [0.29, 0.717) is 25.8 Å². The van der Waals surface area contributed by atoms with Crippen LogP contribution in [0, 0.1) is 5.92 Å². The van der Waals surface area contributed by atoms with Crippen LogP contribution in [0.4, 0.5) is 0 Å². The van der Waals surface area contributed by atoms with E-state index in [-0.39, 0.29) is 0 Å². The lowest BCUT2D eigenvalue weighted by Gasteiger charge is -2.17. The molecule has 0 spiro atoms. The van der Waals surface area contributed by atoms with Gasteiger partial charge < -0.3 is 30.1 Å². The van der Waals surface area contributed by atoms with E-state index in [1.54, 1.807) is 7.11 Å². The molecule has 0 fully saturated rings. The minimum absolute atomic E-state index is 0.345. The van der Waals surface area contributed by atoms with Gasteiger partial charge in [-0.3, -0.25) is 0 Å². The molecular weight excluding hydrogens is 378 g/mol. The van der Waals surface area contributed by atoms with Crippen LogP contribution in [0.5, 0.6) is 5.75 Å². The maximum Gasteiger partial charge on any atom is 0.414 e. The van der Waals surface area contributed by atoms with Gasteiger partial charge in [-0.25, -0.2) is 9.59 Å². The molecule has 8 nitrogen and oxygen atoms in total. The van der Waals surface area contributed by atoms with Crippen molar-refractivity contribution in [2.75, 3.05) is 20.3 Å². The van der Waals surface area contributed by atoms with Crippen LogP contribution in [0.2, 0.25) is 0 Å². The molecule has 29 heavy (non-hydrogen) atoms. The lowest BCUT2D eigenvalue weighted by atomic mass is 10.0. The summed E-state index contributed by atoms with van der Waals surface area (Å²) in [6.45, 7) is 8.10. The fraction of sp³-hybridized carbons (Fsp3) is 0.619. The van der Waals surface area contributed by atoms with Gasteiger partial charge in [-0.1, -0.05) is 38.8 Å². The number of benzene rings is 1. The summed E-state index contributed by atoms with van der Waals surface area (Å²) in [5, 5.41) is 28.1. The fourth-order valence-corrected chi connectivity index (χ4v) is 2.37. The van der Waals surface area contributed by atoms with Gasteiger partial charge in [0.15, 0.2) is 0 Å². The SMILES string of the molecule is COc1ccc(COCC(O)CNC(C)CCCC(C)C)cc1.O=C(O)C(=O)O. The summed E-state index contributed by atoms with van der Waals surface area (Å²) in [6.07, 6.45) is 3.17. The van der Waals surface area contributed by atoms with Crippen molar-refractivity contribution < 1.29 is 34.4 Å². The van der Waals surface area contributed by atoms with Crippen molar-refractivity contribution in [3.05, 3.63) is 29.8 Å². The van der Waals surface area contributed by atoms with Gasteiger partial charge in [-0.2, -0.15) is 0 Å². The van der Waals surface area contributed by atoms with Crippen LogP contribution in [0.3, 0.4) is 0 Å². The molecule has 0 saturated heterocycles. The van der Waals surface area contributed by atoms with Crippen molar-refractivity contribution in [3.8, 4) is 5.75 Å². The number of nitrogens with one attached hydrogen (secondary N) is 1. The summed E-state index contributed by atoms with van der Waals surface area (Å²) in [4.78, 5) is 18.2. The number of carboxylic acid groups (broad SMARTS) is 2. The van der Waals surface area contributed by atoms with Crippen molar-refractivity contribution in [2.24, 2.45) is 5.92 Å². The molecule has 0 heterocycles. The Kier molecular flexibility index (Phi) is 14.6. The minimum atomic E-state index is -1.82. The second-order valence-corrected chi connectivity index (χ2v) is 7.26. The lowest BCUT2D eigenvalue weighted by molar-refractivity contribution is -0.159. The number of hydrogen-bond acceptors (Lipinski definition) is 6. The summed E-state index contributed by atoms with van der Waals surface area (Å²) in [5.74, 6) is -2.05. The molecule has 166 valence electrons. The van der Waals surface area contributed by atoms with Gasteiger partial charge >= 0.3 is 11.9 Å². The summed E-state index contributed by atoms with van der Waals surface area (Å²) in [6, 6.07) is 8.20. The van der Waals surface area contributed by atoms with Crippen molar-refractivity contribution >= 4 is 11.9 Å². The monoisotopic (exact) mass is 413 g/mol. The highest BCUT2D eigenvalue weighted by Crippen LogP contribution is 2.12. The molecule has 0 aliphatic carbocycles. The van der Waals surface area contributed by atoms with Gasteiger partial charge in [0.05, 0.1) is 26.4 Å². The first-order chi connectivity index (χ1) is 13.6. The zero-order chi connectivity index (χ0) is 22.2.